The lowest BCUT2D eigenvalue weighted by Crippen LogP contribution is -2.52. The molecule has 0 radical (unpaired) electrons. The Kier molecular flexibility index (Phi) is 7.61. The van der Waals surface area contributed by atoms with E-state index in [1.807, 2.05) is 6.92 Å². The second-order valence-corrected chi connectivity index (χ2v) is 8.65. The molecule has 0 spiro atoms. The average Bonchev–Trinajstić information content (AvgIpc) is 2.65. The smallest absolute Gasteiger partial charge is 0.243 e. The summed E-state index contributed by atoms with van der Waals surface area (Å²) in [6.45, 7) is 9.66. The van der Waals surface area contributed by atoms with Gasteiger partial charge in [0.25, 0.3) is 0 Å². The Morgan fingerprint density at radius 1 is 1.19 bits per heavy atom. The molecule has 7 heteroatoms. The number of rotatable bonds is 8. The van der Waals surface area contributed by atoms with Crippen molar-refractivity contribution in [2.75, 3.05) is 32.7 Å². The van der Waals surface area contributed by atoms with Gasteiger partial charge in [0, 0.05) is 19.6 Å². The summed E-state index contributed by atoms with van der Waals surface area (Å²) >= 11 is 0. The van der Waals surface area contributed by atoms with Gasteiger partial charge < -0.3 is 10.2 Å². The van der Waals surface area contributed by atoms with E-state index >= 15 is 0 Å². The number of carbonyl (C=O) groups is 1. The van der Waals surface area contributed by atoms with Crippen LogP contribution in [0, 0.1) is 6.92 Å². The Hall–Kier alpha value is -1.44. The van der Waals surface area contributed by atoms with Crippen molar-refractivity contribution in [3.05, 3.63) is 29.8 Å². The van der Waals surface area contributed by atoms with Gasteiger partial charge >= 0.3 is 0 Å². The van der Waals surface area contributed by atoms with Crippen molar-refractivity contribution < 1.29 is 13.2 Å². The van der Waals surface area contributed by atoms with Crippen LogP contribution in [-0.4, -0.2) is 62.3 Å². The third-order valence-electron chi connectivity index (χ3n) is 5.01. The molecule has 6 nitrogen and oxygen atoms in total. The van der Waals surface area contributed by atoms with E-state index in [1.54, 1.807) is 24.3 Å². The van der Waals surface area contributed by atoms with E-state index in [1.165, 1.54) is 4.31 Å². The predicted octanol–water partition coefficient (Wildman–Crippen LogP) is 2.00. The highest BCUT2D eigenvalue weighted by molar-refractivity contribution is 7.89. The minimum atomic E-state index is -3.66. The first-order valence-corrected chi connectivity index (χ1v) is 10.9. The molecular formula is C19H31N3O3S. The Bertz CT molecular complexity index is 684. The molecule has 1 aliphatic rings. The monoisotopic (exact) mass is 381 g/mol. The van der Waals surface area contributed by atoms with Crippen LogP contribution in [0.15, 0.2) is 29.2 Å². The Balaban J connectivity index is 2.08. The number of hydrogen-bond acceptors (Lipinski definition) is 4. The fourth-order valence-electron chi connectivity index (χ4n) is 3.30. The lowest BCUT2D eigenvalue weighted by molar-refractivity contribution is -0.125. The molecule has 1 saturated heterocycles. The maximum Gasteiger partial charge on any atom is 0.243 e. The van der Waals surface area contributed by atoms with Gasteiger partial charge in [-0.15, -0.1) is 0 Å². The molecule has 0 unspecified atom stereocenters. The molecule has 2 rings (SSSR count). The van der Waals surface area contributed by atoms with Gasteiger partial charge in [-0.2, -0.15) is 4.31 Å². The first kappa shape index (κ1) is 20.9. The van der Waals surface area contributed by atoms with Gasteiger partial charge in [-0.3, -0.25) is 4.79 Å². The largest absolute Gasteiger partial charge is 0.353 e. The molecule has 1 aromatic carbocycles. The van der Waals surface area contributed by atoms with E-state index in [-0.39, 0.29) is 10.8 Å². The zero-order valence-electron chi connectivity index (χ0n) is 16.1. The lowest BCUT2D eigenvalue weighted by Gasteiger charge is -2.33. The van der Waals surface area contributed by atoms with Crippen LogP contribution in [0.3, 0.4) is 0 Å². The summed E-state index contributed by atoms with van der Waals surface area (Å²) in [6.07, 6.45) is 2.23. The molecule has 26 heavy (non-hydrogen) atoms. The molecule has 1 atom stereocenters. The summed E-state index contributed by atoms with van der Waals surface area (Å²) < 4.78 is 27.4. The van der Waals surface area contributed by atoms with Gasteiger partial charge in [0.2, 0.25) is 15.9 Å². The van der Waals surface area contributed by atoms with Crippen LogP contribution in [0.25, 0.3) is 0 Å². The minimum Gasteiger partial charge on any atom is -0.353 e. The van der Waals surface area contributed by atoms with E-state index in [0.717, 1.165) is 38.0 Å². The standard InChI is InChI=1S/C19H31N3O3S/c1-4-21(5-2)15-13-20-19(23)18-8-6-7-14-22(18)26(24,25)17-11-9-16(3)10-12-17/h9-12,18H,4-8,13-15H2,1-3H3,(H,20,23)/t18-/m1/s1. The summed E-state index contributed by atoms with van der Waals surface area (Å²) in [6, 6.07) is 6.20. The molecule has 1 N–H and O–H groups in total. The van der Waals surface area contributed by atoms with Gasteiger partial charge in [-0.05, 0) is 45.0 Å². The number of nitrogens with zero attached hydrogens (tertiary/aromatic N) is 2. The lowest BCUT2D eigenvalue weighted by atomic mass is 10.0. The number of piperidine rings is 1. The van der Waals surface area contributed by atoms with E-state index < -0.39 is 16.1 Å². The average molecular weight is 382 g/mol. The molecule has 1 aromatic rings. The Labute approximate surface area is 157 Å². The fourth-order valence-corrected chi connectivity index (χ4v) is 4.95. The van der Waals surface area contributed by atoms with Crippen LogP contribution >= 0.6 is 0 Å². The molecule has 1 amide bonds. The maximum atomic E-state index is 13.0. The van der Waals surface area contributed by atoms with Gasteiger partial charge in [0.15, 0.2) is 0 Å². The van der Waals surface area contributed by atoms with Crippen molar-refractivity contribution in [1.82, 2.24) is 14.5 Å². The molecule has 0 aromatic heterocycles. The Morgan fingerprint density at radius 3 is 2.46 bits per heavy atom. The first-order valence-electron chi connectivity index (χ1n) is 9.48. The van der Waals surface area contributed by atoms with Crippen molar-refractivity contribution in [2.45, 2.75) is 51.0 Å². The number of amides is 1. The van der Waals surface area contributed by atoms with Crippen LogP contribution in [0.5, 0.6) is 0 Å². The number of hydrogen-bond donors (Lipinski definition) is 1. The number of carbonyl (C=O) groups excluding carboxylic acids is 1. The molecule has 1 aliphatic heterocycles. The van der Waals surface area contributed by atoms with Gasteiger partial charge in [-0.25, -0.2) is 8.42 Å². The maximum absolute atomic E-state index is 13.0. The SMILES string of the molecule is CCN(CC)CCNC(=O)[C@H]1CCCCN1S(=O)(=O)c1ccc(C)cc1. The number of aryl methyl sites for hydroxylation is 1. The van der Waals surface area contributed by atoms with E-state index in [2.05, 4.69) is 24.1 Å². The van der Waals surface area contributed by atoms with E-state index in [9.17, 15) is 13.2 Å². The number of likely N-dealkylation sites (N-methyl/N-ethyl adjacent to an activating group) is 1. The zero-order chi connectivity index (χ0) is 19.2. The summed E-state index contributed by atoms with van der Waals surface area (Å²) in [4.78, 5) is 15.1. The van der Waals surface area contributed by atoms with Gasteiger partial charge in [-0.1, -0.05) is 38.0 Å². The third-order valence-corrected chi connectivity index (χ3v) is 6.93. The molecule has 0 bridgehead atoms. The molecule has 1 fully saturated rings. The molecule has 146 valence electrons. The van der Waals surface area contributed by atoms with Gasteiger partial charge in [0.1, 0.15) is 6.04 Å². The zero-order valence-corrected chi connectivity index (χ0v) is 16.9. The van der Waals surface area contributed by atoms with Crippen molar-refractivity contribution in [1.29, 1.82) is 0 Å². The topological polar surface area (TPSA) is 69.7 Å². The highest BCUT2D eigenvalue weighted by Gasteiger charge is 2.37. The first-order chi connectivity index (χ1) is 12.4. The van der Waals surface area contributed by atoms with Crippen LogP contribution in [-0.2, 0) is 14.8 Å². The van der Waals surface area contributed by atoms with Crippen molar-refractivity contribution in [2.24, 2.45) is 0 Å². The predicted molar refractivity (Wildman–Crippen MR) is 104 cm³/mol. The highest BCUT2D eigenvalue weighted by atomic mass is 32.2. The molecular weight excluding hydrogens is 350 g/mol. The second kappa shape index (κ2) is 9.48. The Morgan fingerprint density at radius 2 is 1.85 bits per heavy atom. The van der Waals surface area contributed by atoms with E-state index in [4.69, 9.17) is 0 Å². The van der Waals surface area contributed by atoms with Crippen LogP contribution < -0.4 is 5.32 Å². The quantitative estimate of drug-likeness (QED) is 0.748. The molecule has 0 saturated carbocycles. The molecule has 0 aliphatic carbocycles. The number of sulfonamides is 1. The summed E-state index contributed by atoms with van der Waals surface area (Å²) in [5.74, 6) is -0.187. The summed E-state index contributed by atoms with van der Waals surface area (Å²) in [7, 11) is -3.66. The van der Waals surface area contributed by atoms with Crippen LogP contribution in [0.4, 0.5) is 0 Å². The van der Waals surface area contributed by atoms with Crippen molar-refractivity contribution >= 4 is 15.9 Å². The summed E-state index contributed by atoms with van der Waals surface area (Å²) in [5, 5.41) is 2.93. The fraction of sp³-hybridized carbons (Fsp3) is 0.632. The number of nitrogens with one attached hydrogen (secondary N) is 1. The van der Waals surface area contributed by atoms with Crippen molar-refractivity contribution in [3.63, 3.8) is 0 Å². The van der Waals surface area contributed by atoms with E-state index in [0.29, 0.717) is 19.5 Å². The van der Waals surface area contributed by atoms with Crippen LogP contribution in [0.2, 0.25) is 0 Å². The molecule has 1 heterocycles. The van der Waals surface area contributed by atoms with Crippen LogP contribution in [0.1, 0.15) is 38.7 Å². The van der Waals surface area contributed by atoms with Gasteiger partial charge in [0.05, 0.1) is 4.90 Å². The minimum absolute atomic E-state index is 0.187. The highest BCUT2D eigenvalue weighted by Crippen LogP contribution is 2.25. The second-order valence-electron chi connectivity index (χ2n) is 6.76. The van der Waals surface area contributed by atoms with Crippen molar-refractivity contribution in [3.8, 4) is 0 Å². The summed E-state index contributed by atoms with van der Waals surface area (Å²) in [5.41, 5.74) is 1.01. The third kappa shape index (κ3) is 5.05. The normalized spacial score (nSPS) is 18.8. The number of benzene rings is 1.